The van der Waals surface area contributed by atoms with Crippen LogP contribution in [0, 0.1) is 11.8 Å². The molecule has 0 bridgehead atoms. The molecule has 0 radical (unpaired) electrons. The lowest BCUT2D eigenvalue weighted by Gasteiger charge is -2.20. The number of primary amides is 2. The van der Waals surface area contributed by atoms with Crippen LogP contribution in [0.25, 0.3) is 0 Å². The number of ether oxygens (including phenoxy) is 2. The van der Waals surface area contributed by atoms with Gasteiger partial charge in [0.1, 0.15) is 12.1 Å². The van der Waals surface area contributed by atoms with E-state index in [9.17, 15) is 19.2 Å². The third-order valence-corrected chi connectivity index (χ3v) is 4.33. The average Bonchev–Trinajstić information content (AvgIpc) is 2.57. The van der Waals surface area contributed by atoms with Gasteiger partial charge < -0.3 is 31.6 Å². The molecule has 0 spiro atoms. The smallest absolute Gasteiger partial charge is 0.375 e. The molecule has 29 heavy (non-hydrogen) atoms. The molecule has 0 aliphatic carbocycles. The normalized spacial score (nSPS) is 13.2. The minimum atomic E-state index is -1.10. The molecule has 0 aromatic rings. The maximum Gasteiger partial charge on any atom is 0.412 e. The summed E-state index contributed by atoms with van der Waals surface area (Å²) in [5, 5.41) is 6.20. The molecule has 0 aromatic heterocycles. The van der Waals surface area contributed by atoms with Crippen LogP contribution < -0.4 is 22.1 Å². The van der Waals surface area contributed by atoms with E-state index in [1.807, 2.05) is 27.7 Å². The predicted molar refractivity (Wildman–Crippen MR) is 108 cm³/mol. The number of esters is 2. The molecule has 0 heterocycles. The minimum absolute atomic E-state index is 0.0249. The van der Waals surface area contributed by atoms with Crippen LogP contribution in [0.3, 0.4) is 0 Å². The second-order valence-electron chi connectivity index (χ2n) is 7.60. The topological polar surface area (TPSA) is 163 Å². The summed E-state index contributed by atoms with van der Waals surface area (Å²) in [7, 11) is 0. The zero-order valence-corrected chi connectivity index (χ0v) is 17.9. The van der Waals surface area contributed by atoms with Gasteiger partial charge in [-0.25, -0.2) is 19.2 Å². The predicted octanol–water partition coefficient (Wildman–Crippen LogP) is 1.41. The molecule has 6 N–H and O–H groups in total. The average molecular weight is 417 g/mol. The van der Waals surface area contributed by atoms with Crippen LogP contribution in [0.4, 0.5) is 9.59 Å². The van der Waals surface area contributed by atoms with Gasteiger partial charge in [-0.2, -0.15) is 0 Å². The number of carbonyl (C=O) groups is 4. The van der Waals surface area contributed by atoms with Crippen molar-refractivity contribution in [3.63, 3.8) is 0 Å². The first kappa shape index (κ1) is 26.8. The molecule has 0 aromatic carbocycles. The first-order valence-corrected chi connectivity index (χ1v) is 10.0. The molecule has 0 rings (SSSR count). The summed E-state index contributed by atoms with van der Waals surface area (Å²) in [5.41, 5.74) is 9.75. The maximum atomic E-state index is 11.8. The number of hydrogen-bond donors (Lipinski definition) is 4. The van der Waals surface area contributed by atoms with Crippen molar-refractivity contribution >= 4 is 24.1 Å². The Bertz CT molecular complexity index is 493. The number of carbonyl (C=O) groups excluding carboxylic acids is 4. The Labute approximate surface area is 172 Å². The van der Waals surface area contributed by atoms with Crippen molar-refractivity contribution in [2.75, 3.05) is 13.1 Å². The largest absolute Gasteiger partial charge is 0.412 e. The van der Waals surface area contributed by atoms with E-state index in [2.05, 4.69) is 20.1 Å². The maximum absolute atomic E-state index is 11.8. The molecular weight excluding hydrogens is 380 g/mol. The van der Waals surface area contributed by atoms with E-state index in [-0.39, 0.29) is 11.8 Å². The summed E-state index contributed by atoms with van der Waals surface area (Å²) in [5.74, 6) is -1.37. The molecule has 0 saturated heterocycles. The van der Waals surface area contributed by atoms with E-state index in [0.29, 0.717) is 13.1 Å². The van der Waals surface area contributed by atoms with Crippen molar-refractivity contribution in [2.45, 2.75) is 71.9 Å². The Balaban J connectivity index is 3.96. The monoisotopic (exact) mass is 416 g/mol. The number of amides is 2. The number of nitrogens with two attached hydrogens (primary N) is 2. The van der Waals surface area contributed by atoms with Crippen molar-refractivity contribution in [3.05, 3.63) is 0 Å². The number of hydrogen-bond acceptors (Lipinski definition) is 8. The fourth-order valence-corrected chi connectivity index (χ4v) is 2.80. The molecule has 0 aliphatic heterocycles. The summed E-state index contributed by atoms with van der Waals surface area (Å²) in [6.45, 7) is 8.69. The van der Waals surface area contributed by atoms with Gasteiger partial charge in [0.25, 0.3) is 0 Å². The third kappa shape index (κ3) is 12.8. The highest BCUT2D eigenvalue weighted by Crippen LogP contribution is 2.08. The summed E-state index contributed by atoms with van der Waals surface area (Å²) in [6, 6.07) is -1.14. The summed E-state index contributed by atoms with van der Waals surface area (Å²) >= 11 is 0. The number of nitrogens with one attached hydrogen (secondary N) is 2. The van der Waals surface area contributed by atoms with Crippen LogP contribution in [0.5, 0.6) is 0 Å². The second kappa shape index (κ2) is 14.7. The summed E-state index contributed by atoms with van der Waals surface area (Å²) < 4.78 is 8.88. The van der Waals surface area contributed by atoms with Crippen LogP contribution in [-0.4, -0.2) is 49.3 Å². The van der Waals surface area contributed by atoms with E-state index in [4.69, 9.17) is 11.5 Å². The molecule has 2 atom stereocenters. The Hall–Kier alpha value is -2.20. The molecule has 2 unspecified atom stereocenters. The van der Waals surface area contributed by atoms with Gasteiger partial charge in [0.15, 0.2) is 0 Å². The van der Waals surface area contributed by atoms with E-state index < -0.39 is 36.2 Å². The second-order valence-corrected chi connectivity index (χ2v) is 7.60. The van der Waals surface area contributed by atoms with Gasteiger partial charge in [0.2, 0.25) is 0 Å². The summed E-state index contributed by atoms with van der Waals surface area (Å²) in [4.78, 5) is 45.0. The standard InChI is InChI=1S/C19H36N4O6/c1-12(2)14(16(24)28-18(20)26)22-10-8-6-5-7-9-11-23-15(13(3)4)17(25)29-19(21)27/h12-15,22-23H,5-11H2,1-4H3,(H2,20,26)(H2,21,27). The fraction of sp³-hybridized carbons (Fsp3) is 0.789. The lowest BCUT2D eigenvalue weighted by Crippen LogP contribution is -2.44. The highest BCUT2D eigenvalue weighted by atomic mass is 16.6. The lowest BCUT2D eigenvalue weighted by molar-refractivity contribution is -0.141. The van der Waals surface area contributed by atoms with Crippen LogP contribution in [0.2, 0.25) is 0 Å². The van der Waals surface area contributed by atoms with Crippen molar-refractivity contribution in [1.29, 1.82) is 0 Å². The molecule has 0 saturated carbocycles. The van der Waals surface area contributed by atoms with Crippen LogP contribution >= 0.6 is 0 Å². The Kier molecular flexibility index (Phi) is 13.6. The van der Waals surface area contributed by atoms with Crippen LogP contribution in [0.15, 0.2) is 0 Å². The van der Waals surface area contributed by atoms with Crippen molar-refractivity contribution in [1.82, 2.24) is 10.6 Å². The molecule has 2 amide bonds. The quantitative estimate of drug-likeness (QED) is 0.188. The first-order chi connectivity index (χ1) is 13.6. The van der Waals surface area contributed by atoms with Gasteiger partial charge in [0, 0.05) is 0 Å². The highest BCUT2D eigenvalue weighted by molar-refractivity contribution is 5.87. The van der Waals surface area contributed by atoms with Crippen LogP contribution in [0.1, 0.15) is 59.8 Å². The van der Waals surface area contributed by atoms with Crippen LogP contribution in [-0.2, 0) is 19.1 Å². The van der Waals surface area contributed by atoms with Crippen molar-refractivity contribution in [2.24, 2.45) is 23.3 Å². The van der Waals surface area contributed by atoms with Gasteiger partial charge in [-0.05, 0) is 37.8 Å². The van der Waals surface area contributed by atoms with Crippen molar-refractivity contribution < 1.29 is 28.7 Å². The van der Waals surface area contributed by atoms with Gasteiger partial charge >= 0.3 is 24.1 Å². The first-order valence-electron chi connectivity index (χ1n) is 10.0. The Morgan fingerprint density at radius 1 is 0.655 bits per heavy atom. The molecule has 10 heteroatoms. The van der Waals surface area contributed by atoms with E-state index in [1.165, 1.54) is 0 Å². The molecule has 10 nitrogen and oxygen atoms in total. The SMILES string of the molecule is CC(C)C(NCCCCCCCNC(C(=O)OC(N)=O)C(C)C)C(=O)OC(N)=O. The van der Waals surface area contributed by atoms with E-state index in [0.717, 1.165) is 32.1 Å². The molecular formula is C19H36N4O6. The number of rotatable bonds is 14. The Morgan fingerprint density at radius 2 is 0.966 bits per heavy atom. The third-order valence-electron chi connectivity index (χ3n) is 4.33. The van der Waals surface area contributed by atoms with Gasteiger partial charge in [-0.15, -0.1) is 0 Å². The minimum Gasteiger partial charge on any atom is -0.375 e. The molecule has 0 aliphatic rings. The molecule has 168 valence electrons. The highest BCUT2D eigenvalue weighted by Gasteiger charge is 2.25. The Morgan fingerprint density at radius 3 is 1.24 bits per heavy atom. The summed E-state index contributed by atoms with van der Waals surface area (Å²) in [6.07, 6.45) is 2.50. The fourth-order valence-electron chi connectivity index (χ4n) is 2.80. The zero-order valence-electron chi connectivity index (χ0n) is 17.9. The van der Waals surface area contributed by atoms with E-state index in [1.54, 1.807) is 0 Å². The van der Waals surface area contributed by atoms with E-state index >= 15 is 0 Å². The molecule has 0 fully saturated rings. The van der Waals surface area contributed by atoms with Gasteiger partial charge in [-0.3, -0.25) is 0 Å². The lowest BCUT2D eigenvalue weighted by atomic mass is 10.0. The number of unbranched alkanes of at least 4 members (excludes halogenated alkanes) is 4. The van der Waals surface area contributed by atoms with Gasteiger partial charge in [-0.1, -0.05) is 47.0 Å². The zero-order chi connectivity index (χ0) is 22.4. The van der Waals surface area contributed by atoms with Gasteiger partial charge in [0.05, 0.1) is 0 Å². The van der Waals surface area contributed by atoms with Crippen molar-refractivity contribution in [3.8, 4) is 0 Å².